The average Bonchev–Trinajstić information content (AvgIpc) is 3.16. The highest BCUT2D eigenvalue weighted by molar-refractivity contribution is 5.77. The van der Waals surface area contributed by atoms with Crippen LogP contribution in [0, 0.1) is 0 Å². The van der Waals surface area contributed by atoms with Gasteiger partial charge in [-0.1, -0.05) is 0 Å². The first-order valence-corrected chi connectivity index (χ1v) is 8.23. The fourth-order valence-corrected chi connectivity index (χ4v) is 3.77. The van der Waals surface area contributed by atoms with Gasteiger partial charge in [0.1, 0.15) is 5.65 Å². The fourth-order valence-electron chi connectivity index (χ4n) is 3.77. The lowest BCUT2D eigenvalue weighted by Gasteiger charge is -2.32. The van der Waals surface area contributed by atoms with Crippen LogP contribution in [0.4, 0.5) is 0 Å². The van der Waals surface area contributed by atoms with Crippen LogP contribution in [0.2, 0.25) is 0 Å². The largest absolute Gasteiger partial charge is 0.340 e. The molecule has 4 rings (SSSR count). The lowest BCUT2D eigenvalue weighted by atomic mass is 10.1. The third-order valence-corrected chi connectivity index (χ3v) is 4.99. The topological polar surface area (TPSA) is 40.9 Å². The zero-order valence-electron chi connectivity index (χ0n) is 12.8. The Morgan fingerprint density at radius 1 is 1.18 bits per heavy atom. The Morgan fingerprint density at radius 2 is 2.14 bits per heavy atom. The molecule has 2 fully saturated rings. The smallest absolute Gasteiger partial charge is 0.224 e. The number of hydrogen-bond donors (Lipinski definition) is 0. The van der Waals surface area contributed by atoms with Crippen LogP contribution in [-0.4, -0.2) is 50.8 Å². The lowest BCUT2D eigenvalue weighted by molar-refractivity contribution is -0.133. The first kappa shape index (κ1) is 13.8. The number of amides is 1. The molecule has 0 aromatic carbocycles. The van der Waals surface area contributed by atoms with Crippen molar-refractivity contribution < 1.29 is 4.79 Å². The van der Waals surface area contributed by atoms with E-state index in [0.717, 1.165) is 38.2 Å². The minimum atomic E-state index is 0.343. The first-order chi connectivity index (χ1) is 10.8. The quantitative estimate of drug-likeness (QED) is 0.850. The monoisotopic (exact) mass is 298 g/mol. The Labute approximate surface area is 130 Å². The second kappa shape index (κ2) is 5.72. The third-order valence-electron chi connectivity index (χ3n) is 4.99. The van der Waals surface area contributed by atoms with Gasteiger partial charge in [-0.25, -0.2) is 4.98 Å². The fraction of sp³-hybridized carbons (Fsp3) is 0.529. The van der Waals surface area contributed by atoms with Gasteiger partial charge < -0.3 is 9.30 Å². The van der Waals surface area contributed by atoms with Gasteiger partial charge in [0.25, 0.3) is 0 Å². The zero-order chi connectivity index (χ0) is 14.9. The van der Waals surface area contributed by atoms with E-state index in [9.17, 15) is 4.79 Å². The molecule has 1 amide bonds. The molecule has 0 radical (unpaired) electrons. The summed E-state index contributed by atoms with van der Waals surface area (Å²) in [5, 5.41) is 0. The molecule has 0 aliphatic carbocycles. The summed E-state index contributed by atoms with van der Waals surface area (Å²) in [5.74, 6) is 0.343. The first-order valence-electron chi connectivity index (χ1n) is 8.23. The predicted octanol–water partition coefficient (Wildman–Crippen LogP) is 1.92. The van der Waals surface area contributed by atoms with Crippen LogP contribution in [-0.2, 0) is 11.3 Å². The van der Waals surface area contributed by atoms with Gasteiger partial charge in [-0.15, -0.1) is 0 Å². The van der Waals surface area contributed by atoms with E-state index in [1.807, 2.05) is 16.8 Å². The molecule has 0 saturated carbocycles. The molecule has 0 bridgehead atoms. The van der Waals surface area contributed by atoms with Crippen molar-refractivity contribution in [2.75, 3.05) is 19.6 Å². The van der Waals surface area contributed by atoms with E-state index in [0.29, 0.717) is 18.4 Å². The van der Waals surface area contributed by atoms with Crippen molar-refractivity contribution in [2.45, 2.75) is 38.3 Å². The van der Waals surface area contributed by atoms with Crippen LogP contribution >= 0.6 is 0 Å². The second-order valence-electron chi connectivity index (χ2n) is 6.43. The standard InChI is InChI=1S/C17H22N4O/c22-17-5-9-19(8-4-15-2-1-7-21(15)17)13-14-3-10-20-11-6-18-16(20)12-14/h3,6,10-12,15H,1-2,4-5,7-9,13H2/t15-/m1/s1. The maximum absolute atomic E-state index is 12.3. The molecule has 2 aliphatic heterocycles. The summed E-state index contributed by atoms with van der Waals surface area (Å²) in [4.78, 5) is 21.2. The van der Waals surface area contributed by atoms with Crippen molar-refractivity contribution >= 4 is 11.6 Å². The summed E-state index contributed by atoms with van der Waals surface area (Å²) < 4.78 is 2.02. The van der Waals surface area contributed by atoms with E-state index in [4.69, 9.17) is 0 Å². The molecule has 1 atom stereocenters. The number of carbonyl (C=O) groups excluding carboxylic acids is 1. The highest BCUT2D eigenvalue weighted by Gasteiger charge is 2.30. The van der Waals surface area contributed by atoms with Gasteiger partial charge in [-0.05, 0) is 37.0 Å². The summed E-state index contributed by atoms with van der Waals surface area (Å²) in [6.45, 7) is 3.82. The molecule has 2 saturated heterocycles. The average molecular weight is 298 g/mol. The van der Waals surface area contributed by atoms with Crippen molar-refractivity contribution in [3.05, 3.63) is 36.3 Å². The van der Waals surface area contributed by atoms with Crippen LogP contribution in [0.1, 0.15) is 31.2 Å². The minimum Gasteiger partial charge on any atom is -0.340 e. The number of rotatable bonds is 2. The van der Waals surface area contributed by atoms with Gasteiger partial charge in [0.2, 0.25) is 5.91 Å². The van der Waals surface area contributed by atoms with Gasteiger partial charge >= 0.3 is 0 Å². The number of fused-ring (bicyclic) bond motifs is 2. The Kier molecular flexibility index (Phi) is 3.58. The van der Waals surface area contributed by atoms with E-state index >= 15 is 0 Å². The number of pyridine rings is 1. The molecular formula is C17H22N4O. The number of nitrogens with zero attached hydrogens (tertiary/aromatic N) is 4. The molecule has 2 aromatic rings. The maximum Gasteiger partial charge on any atom is 0.224 e. The van der Waals surface area contributed by atoms with Crippen molar-refractivity contribution in [2.24, 2.45) is 0 Å². The zero-order valence-corrected chi connectivity index (χ0v) is 12.8. The normalized spacial score (nSPS) is 23.5. The Morgan fingerprint density at radius 3 is 3.09 bits per heavy atom. The molecule has 2 aromatic heterocycles. The molecule has 0 N–H and O–H groups in total. The molecular weight excluding hydrogens is 276 g/mol. The van der Waals surface area contributed by atoms with Crippen LogP contribution in [0.25, 0.3) is 5.65 Å². The molecule has 0 unspecified atom stereocenters. The van der Waals surface area contributed by atoms with Crippen molar-refractivity contribution in [1.82, 2.24) is 19.2 Å². The van der Waals surface area contributed by atoms with Gasteiger partial charge in [-0.3, -0.25) is 9.69 Å². The van der Waals surface area contributed by atoms with E-state index in [1.54, 1.807) is 0 Å². The van der Waals surface area contributed by atoms with Crippen LogP contribution in [0.5, 0.6) is 0 Å². The van der Waals surface area contributed by atoms with Crippen molar-refractivity contribution in [3.63, 3.8) is 0 Å². The summed E-state index contributed by atoms with van der Waals surface area (Å²) in [5.41, 5.74) is 2.26. The molecule has 22 heavy (non-hydrogen) atoms. The number of aromatic nitrogens is 2. The Hall–Kier alpha value is -1.88. The van der Waals surface area contributed by atoms with Gasteiger partial charge in [0, 0.05) is 57.2 Å². The SMILES string of the molecule is O=C1CCN(Cc2ccn3ccnc3c2)CC[C@H]2CCCN12. The summed E-state index contributed by atoms with van der Waals surface area (Å²) in [7, 11) is 0. The van der Waals surface area contributed by atoms with Crippen LogP contribution in [0.3, 0.4) is 0 Å². The van der Waals surface area contributed by atoms with Gasteiger partial charge in [-0.2, -0.15) is 0 Å². The summed E-state index contributed by atoms with van der Waals surface area (Å²) in [6, 6.07) is 4.77. The minimum absolute atomic E-state index is 0.343. The molecule has 4 heterocycles. The lowest BCUT2D eigenvalue weighted by Crippen LogP contribution is -2.42. The third kappa shape index (κ3) is 2.61. The molecule has 5 nitrogen and oxygen atoms in total. The van der Waals surface area contributed by atoms with Gasteiger partial charge in [0.15, 0.2) is 0 Å². The van der Waals surface area contributed by atoms with Crippen LogP contribution < -0.4 is 0 Å². The van der Waals surface area contributed by atoms with Crippen LogP contribution in [0.15, 0.2) is 30.7 Å². The van der Waals surface area contributed by atoms with E-state index in [2.05, 4.69) is 33.1 Å². The molecule has 2 aliphatic rings. The van der Waals surface area contributed by atoms with E-state index < -0.39 is 0 Å². The number of imidazole rings is 1. The maximum atomic E-state index is 12.3. The Balaban J connectivity index is 1.46. The second-order valence-corrected chi connectivity index (χ2v) is 6.43. The molecule has 116 valence electrons. The highest BCUT2D eigenvalue weighted by atomic mass is 16.2. The van der Waals surface area contributed by atoms with Crippen molar-refractivity contribution in [3.8, 4) is 0 Å². The number of carbonyl (C=O) groups is 1. The molecule has 0 spiro atoms. The van der Waals surface area contributed by atoms with E-state index in [-0.39, 0.29) is 0 Å². The molecule has 5 heteroatoms. The number of hydrogen-bond acceptors (Lipinski definition) is 3. The Bertz CT molecular complexity index is 680. The summed E-state index contributed by atoms with van der Waals surface area (Å²) in [6.07, 6.45) is 9.96. The van der Waals surface area contributed by atoms with Gasteiger partial charge in [0.05, 0.1) is 0 Å². The highest BCUT2D eigenvalue weighted by Crippen LogP contribution is 2.24. The summed E-state index contributed by atoms with van der Waals surface area (Å²) >= 11 is 0. The predicted molar refractivity (Wildman–Crippen MR) is 84.4 cm³/mol. The van der Waals surface area contributed by atoms with Crippen molar-refractivity contribution in [1.29, 1.82) is 0 Å². The van der Waals surface area contributed by atoms with E-state index in [1.165, 1.54) is 18.4 Å².